The molecular weight excluding hydrogens is 284 g/mol. The minimum Gasteiger partial charge on any atom is -0.358 e. The number of nitrogens with zero attached hydrogens (tertiary/aromatic N) is 1. The Hall–Kier alpha value is -1.07. The van der Waals surface area contributed by atoms with Crippen LogP contribution in [0.5, 0.6) is 0 Å². The number of aromatic nitrogens is 2. The van der Waals surface area contributed by atoms with Crippen LogP contribution in [0.1, 0.15) is 25.5 Å². The third kappa shape index (κ3) is 1.93. The van der Waals surface area contributed by atoms with E-state index in [0.717, 1.165) is 41.4 Å². The molecule has 2 heterocycles. The van der Waals surface area contributed by atoms with E-state index in [-0.39, 0.29) is 11.9 Å². The highest BCUT2D eigenvalue weighted by Crippen LogP contribution is 2.26. The topological polar surface area (TPSA) is 47.0 Å². The van der Waals surface area contributed by atoms with E-state index in [9.17, 15) is 4.79 Å². The first-order valence-electron chi connectivity index (χ1n) is 5.77. The van der Waals surface area contributed by atoms with Crippen molar-refractivity contribution in [1.29, 1.82) is 0 Å². The van der Waals surface area contributed by atoms with E-state index in [2.05, 4.69) is 20.9 Å². The van der Waals surface area contributed by atoms with E-state index in [0.29, 0.717) is 0 Å². The Morgan fingerprint density at radius 2 is 2.29 bits per heavy atom. The van der Waals surface area contributed by atoms with Gasteiger partial charge >= 0.3 is 5.69 Å². The summed E-state index contributed by atoms with van der Waals surface area (Å²) < 4.78 is 8.37. The maximum Gasteiger partial charge on any atom is 0.328 e. The first kappa shape index (κ1) is 11.0. The molecule has 0 radical (unpaired) electrons. The number of H-pyrrole nitrogens is 1. The second-order valence-corrected chi connectivity index (χ2v) is 5.20. The van der Waals surface area contributed by atoms with Crippen molar-refractivity contribution in [3.63, 3.8) is 0 Å². The molecule has 0 bridgehead atoms. The van der Waals surface area contributed by atoms with Gasteiger partial charge < -0.3 is 9.72 Å². The van der Waals surface area contributed by atoms with Gasteiger partial charge in [-0.3, -0.25) is 4.57 Å². The molecule has 4 nitrogen and oxygen atoms in total. The molecule has 90 valence electrons. The van der Waals surface area contributed by atoms with E-state index < -0.39 is 0 Å². The maximum atomic E-state index is 12.0. The Balaban J connectivity index is 2.16. The molecule has 5 heteroatoms. The van der Waals surface area contributed by atoms with Crippen LogP contribution in [0, 0.1) is 0 Å². The normalized spacial score (nSPS) is 20.9. The molecule has 2 aromatic rings. The lowest BCUT2D eigenvalue weighted by Gasteiger charge is -2.23. The molecular formula is C12H13BrN2O2. The number of rotatable bonds is 1. The van der Waals surface area contributed by atoms with Gasteiger partial charge in [0.15, 0.2) is 0 Å². The standard InChI is InChI=1S/C12H13BrN2O2/c13-8-4-5-9-10(7-8)15(12(16)14-9)11-3-1-2-6-17-11/h4-5,7,11H,1-3,6H2,(H,14,16). The molecule has 1 aliphatic heterocycles. The minimum atomic E-state index is -0.126. The molecule has 1 atom stereocenters. The summed E-state index contributed by atoms with van der Waals surface area (Å²) >= 11 is 3.43. The Morgan fingerprint density at radius 3 is 3.06 bits per heavy atom. The fraction of sp³-hybridized carbons (Fsp3) is 0.417. The molecule has 1 saturated heterocycles. The van der Waals surface area contributed by atoms with E-state index in [4.69, 9.17) is 4.74 Å². The lowest BCUT2D eigenvalue weighted by molar-refractivity contribution is -0.0313. The smallest absolute Gasteiger partial charge is 0.328 e. The van der Waals surface area contributed by atoms with Crippen LogP contribution in [0.4, 0.5) is 0 Å². The highest BCUT2D eigenvalue weighted by molar-refractivity contribution is 9.10. The summed E-state index contributed by atoms with van der Waals surface area (Å²) in [4.78, 5) is 14.8. The van der Waals surface area contributed by atoms with Crippen molar-refractivity contribution in [3.8, 4) is 0 Å². The van der Waals surface area contributed by atoms with Crippen molar-refractivity contribution in [2.24, 2.45) is 0 Å². The van der Waals surface area contributed by atoms with Gasteiger partial charge in [0.25, 0.3) is 0 Å². The minimum absolute atomic E-state index is 0.0926. The number of nitrogens with one attached hydrogen (secondary N) is 1. The molecule has 1 N–H and O–H groups in total. The Labute approximate surface area is 107 Å². The van der Waals surface area contributed by atoms with Crippen molar-refractivity contribution >= 4 is 27.0 Å². The van der Waals surface area contributed by atoms with Crippen molar-refractivity contribution in [2.45, 2.75) is 25.5 Å². The maximum absolute atomic E-state index is 12.0. The van der Waals surface area contributed by atoms with E-state index in [1.54, 1.807) is 4.57 Å². The fourth-order valence-electron chi connectivity index (χ4n) is 2.31. The van der Waals surface area contributed by atoms with Gasteiger partial charge in [-0.1, -0.05) is 15.9 Å². The van der Waals surface area contributed by atoms with Gasteiger partial charge in [-0.25, -0.2) is 4.79 Å². The summed E-state index contributed by atoms with van der Waals surface area (Å²) in [6.07, 6.45) is 2.97. The van der Waals surface area contributed by atoms with Crippen LogP contribution in [0.25, 0.3) is 11.0 Å². The lowest BCUT2D eigenvalue weighted by atomic mass is 10.2. The first-order valence-corrected chi connectivity index (χ1v) is 6.56. The molecule has 0 aliphatic carbocycles. The number of imidazole rings is 1. The number of ether oxygens (including phenoxy) is 1. The van der Waals surface area contributed by atoms with Gasteiger partial charge in [0.1, 0.15) is 6.23 Å². The number of hydrogen-bond acceptors (Lipinski definition) is 2. The molecule has 0 saturated carbocycles. The van der Waals surface area contributed by atoms with Gasteiger partial charge in [0.05, 0.1) is 11.0 Å². The van der Waals surface area contributed by atoms with Crippen LogP contribution < -0.4 is 5.69 Å². The molecule has 0 amide bonds. The number of halogens is 1. The van der Waals surface area contributed by atoms with Gasteiger partial charge in [-0.05, 0) is 37.5 Å². The highest BCUT2D eigenvalue weighted by Gasteiger charge is 2.20. The van der Waals surface area contributed by atoms with Crippen LogP contribution in [0.15, 0.2) is 27.5 Å². The largest absolute Gasteiger partial charge is 0.358 e. The zero-order valence-corrected chi connectivity index (χ0v) is 10.9. The third-order valence-corrected chi connectivity index (χ3v) is 3.62. The molecule has 1 fully saturated rings. The van der Waals surface area contributed by atoms with E-state index >= 15 is 0 Å². The van der Waals surface area contributed by atoms with Gasteiger partial charge in [0, 0.05) is 11.1 Å². The molecule has 1 aromatic carbocycles. The number of benzene rings is 1. The Morgan fingerprint density at radius 1 is 1.41 bits per heavy atom. The average molecular weight is 297 g/mol. The second kappa shape index (κ2) is 4.31. The summed E-state index contributed by atoms with van der Waals surface area (Å²) in [7, 11) is 0. The van der Waals surface area contributed by atoms with Crippen LogP contribution >= 0.6 is 15.9 Å². The Bertz CT molecular complexity index is 596. The molecule has 1 aromatic heterocycles. The predicted octanol–water partition coefficient (Wildman–Crippen LogP) is 2.79. The second-order valence-electron chi connectivity index (χ2n) is 4.28. The van der Waals surface area contributed by atoms with Crippen LogP contribution in [-0.2, 0) is 4.74 Å². The SMILES string of the molecule is O=c1[nH]c2ccc(Br)cc2n1C1CCCCO1. The fourth-order valence-corrected chi connectivity index (χ4v) is 2.66. The molecule has 0 spiro atoms. The first-order chi connectivity index (χ1) is 8.25. The summed E-state index contributed by atoms with van der Waals surface area (Å²) in [5.41, 5.74) is 1.66. The summed E-state index contributed by atoms with van der Waals surface area (Å²) in [6, 6.07) is 5.77. The average Bonchev–Trinajstić information content (AvgIpc) is 2.65. The van der Waals surface area contributed by atoms with Crippen LogP contribution in [0.2, 0.25) is 0 Å². The Kier molecular flexibility index (Phi) is 2.80. The van der Waals surface area contributed by atoms with Crippen molar-refractivity contribution in [2.75, 3.05) is 6.61 Å². The molecule has 1 unspecified atom stereocenters. The van der Waals surface area contributed by atoms with Gasteiger partial charge in [0.2, 0.25) is 0 Å². The summed E-state index contributed by atoms with van der Waals surface area (Å²) in [6.45, 7) is 0.734. The number of aromatic amines is 1. The summed E-state index contributed by atoms with van der Waals surface area (Å²) in [5.74, 6) is 0. The molecule has 1 aliphatic rings. The van der Waals surface area contributed by atoms with Crippen LogP contribution in [-0.4, -0.2) is 16.2 Å². The predicted molar refractivity (Wildman–Crippen MR) is 69.1 cm³/mol. The third-order valence-electron chi connectivity index (χ3n) is 3.12. The zero-order valence-electron chi connectivity index (χ0n) is 9.28. The van der Waals surface area contributed by atoms with Crippen LogP contribution in [0.3, 0.4) is 0 Å². The van der Waals surface area contributed by atoms with E-state index in [1.807, 2.05) is 18.2 Å². The summed E-state index contributed by atoms with van der Waals surface area (Å²) in [5, 5.41) is 0. The zero-order chi connectivity index (χ0) is 11.8. The number of fused-ring (bicyclic) bond motifs is 1. The lowest BCUT2D eigenvalue weighted by Crippen LogP contribution is -2.26. The number of hydrogen-bond donors (Lipinski definition) is 1. The highest BCUT2D eigenvalue weighted by atomic mass is 79.9. The van der Waals surface area contributed by atoms with Crippen molar-refractivity contribution < 1.29 is 4.74 Å². The molecule has 3 rings (SSSR count). The van der Waals surface area contributed by atoms with Gasteiger partial charge in [-0.15, -0.1) is 0 Å². The van der Waals surface area contributed by atoms with Crippen molar-refractivity contribution in [1.82, 2.24) is 9.55 Å². The van der Waals surface area contributed by atoms with Crippen molar-refractivity contribution in [3.05, 3.63) is 33.2 Å². The quantitative estimate of drug-likeness (QED) is 0.880. The van der Waals surface area contributed by atoms with E-state index in [1.165, 1.54) is 0 Å². The molecule has 17 heavy (non-hydrogen) atoms. The monoisotopic (exact) mass is 296 g/mol. The van der Waals surface area contributed by atoms with Gasteiger partial charge in [-0.2, -0.15) is 0 Å².